The molecule has 0 aliphatic carbocycles. The third-order valence-electron chi connectivity index (χ3n) is 3.84. The van der Waals surface area contributed by atoms with Crippen LogP contribution in [0.2, 0.25) is 0 Å². The van der Waals surface area contributed by atoms with E-state index in [1.54, 1.807) is 7.11 Å². The molecule has 2 rings (SSSR count). The molecule has 1 aromatic carbocycles. The number of anilines is 1. The highest BCUT2D eigenvalue weighted by atomic mass is 16.5. The van der Waals surface area contributed by atoms with Crippen LogP contribution >= 0.6 is 0 Å². The lowest BCUT2D eigenvalue weighted by atomic mass is 10.0. The lowest BCUT2D eigenvalue weighted by molar-refractivity contribution is 0.0893. The van der Waals surface area contributed by atoms with Gasteiger partial charge in [0.1, 0.15) is 0 Å². The van der Waals surface area contributed by atoms with Gasteiger partial charge in [-0.25, -0.2) is 0 Å². The van der Waals surface area contributed by atoms with Crippen LogP contribution in [0.3, 0.4) is 0 Å². The fraction of sp³-hybridized carbons (Fsp3) is 0.600. The third kappa shape index (κ3) is 3.03. The van der Waals surface area contributed by atoms with Crippen molar-refractivity contribution in [1.82, 2.24) is 0 Å². The summed E-state index contributed by atoms with van der Waals surface area (Å²) in [6.45, 7) is 4.24. The molecule has 3 heteroatoms. The second-order valence-corrected chi connectivity index (χ2v) is 5.05. The summed E-state index contributed by atoms with van der Waals surface area (Å²) in [6, 6.07) is 8.83. The highest BCUT2D eigenvalue weighted by Crippen LogP contribution is 2.23. The Bertz CT molecular complexity index is 363. The Balaban J connectivity index is 2.04. The van der Waals surface area contributed by atoms with Gasteiger partial charge in [0.15, 0.2) is 0 Å². The van der Waals surface area contributed by atoms with Crippen LogP contribution in [0.1, 0.15) is 37.8 Å². The van der Waals surface area contributed by atoms with Crippen molar-refractivity contribution < 1.29 is 4.74 Å². The van der Waals surface area contributed by atoms with E-state index < -0.39 is 0 Å². The Hall–Kier alpha value is -1.06. The zero-order valence-electron chi connectivity index (χ0n) is 11.4. The molecule has 100 valence electrons. The Kier molecular flexibility index (Phi) is 4.61. The van der Waals surface area contributed by atoms with Gasteiger partial charge in [0.05, 0.1) is 6.10 Å². The van der Waals surface area contributed by atoms with Crippen molar-refractivity contribution in [2.45, 2.75) is 38.3 Å². The molecule has 1 saturated heterocycles. The molecule has 0 spiro atoms. The number of piperidine rings is 1. The molecule has 1 fully saturated rings. The first kappa shape index (κ1) is 13.4. The van der Waals surface area contributed by atoms with E-state index in [4.69, 9.17) is 10.5 Å². The molecule has 3 nitrogen and oxygen atoms in total. The maximum atomic E-state index is 6.03. The summed E-state index contributed by atoms with van der Waals surface area (Å²) >= 11 is 0. The molecule has 0 bridgehead atoms. The van der Waals surface area contributed by atoms with E-state index in [2.05, 4.69) is 36.1 Å². The summed E-state index contributed by atoms with van der Waals surface area (Å²) < 4.78 is 5.46. The second kappa shape index (κ2) is 6.21. The molecule has 1 aliphatic rings. The largest absolute Gasteiger partial charge is 0.380 e. The number of benzene rings is 1. The Morgan fingerprint density at radius 1 is 1.39 bits per heavy atom. The summed E-state index contributed by atoms with van der Waals surface area (Å²) in [7, 11) is 1.80. The minimum Gasteiger partial charge on any atom is -0.380 e. The average Bonchev–Trinajstić information content (AvgIpc) is 2.46. The molecule has 18 heavy (non-hydrogen) atoms. The summed E-state index contributed by atoms with van der Waals surface area (Å²) in [4.78, 5) is 2.40. The highest BCUT2D eigenvalue weighted by molar-refractivity contribution is 5.48. The number of hydrogen-bond donors (Lipinski definition) is 1. The van der Waals surface area contributed by atoms with Crippen LogP contribution in [0, 0.1) is 0 Å². The van der Waals surface area contributed by atoms with Gasteiger partial charge in [0.2, 0.25) is 0 Å². The average molecular weight is 248 g/mol. The minimum absolute atomic E-state index is 0.159. The van der Waals surface area contributed by atoms with Gasteiger partial charge >= 0.3 is 0 Å². The van der Waals surface area contributed by atoms with Crippen LogP contribution in [0.5, 0.6) is 0 Å². The molecule has 0 aromatic heterocycles. The Labute approximate surface area is 110 Å². The normalized spacial score (nSPS) is 21.9. The maximum Gasteiger partial charge on any atom is 0.0746 e. The summed E-state index contributed by atoms with van der Waals surface area (Å²) in [5, 5.41) is 0. The fourth-order valence-electron chi connectivity index (χ4n) is 2.53. The van der Waals surface area contributed by atoms with Gasteiger partial charge in [-0.2, -0.15) is 0 Å². The van der Waals surface area contributed by atoms with Crippen LogP contribution in [-0.4, -0.2) is 26.3 Å². The fourth-order valence-corrected chi connectivity index (χ4v) is 2.53. The molecular formula is C15H24N2O. The van der Waals surface area contributed by atoms with Gasteiger partial charge < -0.3 is 15.4 Å². The zero-order valence-corrected chi connectivity index (χ0v) is 11.4. The van der Waals surface area contributed by atoms with E-state index in [9.17, 15) is 0 Å². The van der Waals surface area contributed by atoms with Crippen molar-refractivity contribution in [1.29, 1.82) is 0 Å². The molecule has 1 aromatic rings. The van der Waals surface area contributed by atoms with Gasteiger partial charge in [-0.1, -0.05) is 19.1 Å². The number of hydrogen-bond acceptors (Lipinski definition) is 3. The van der Waals surface area contributed by atoms with E-state index in [-0.39, 0.29) is 6.04 Å². The van der Waals surface area contributed by atoms with E-state index in [1.165, 1.54) is 24.1 Å². The van der Waals surface area contributed by atoms with E-state index in [0.717, 1.165) is 19.5 Å². The van der Waals surface area contributed by atoms with E-state index >= 15 is 0 Å². The van der Waals surface area contributed by atoms with Crippen LogP contribution in [-0.2, 0) is 4.74 Å². The molecule has 1 aliphatic heterocycles. The number of ether oxygens (including phenoxy) is 1. The lowest BCUT2D eigenvalue weighted by Gasteiger charge is -2.33. The molecular weight excluding hydrogens is 224 g/mol. The predicted octanol–water partition coefficient (Wildman–Crippen LogP) is 2.71. The minimum atomic E-state index is 0.159. The standard InChI is InChI=1S/C15H24N2O/c1-3-15(16)12-6-8-13(9-7-12)17-10-4-5-14(11-17)18-2/h6-9,14-15H,3-5,10-11,16H2,1-2H3/t14?,15-/m0/s1. The van der Waals surface area contributed by atoms with Gasteiger partial charge in [0, 0.05) is 31.9 Å². The molecule has 0 saturated carbocycles. The zero-order chi connectivity index (χ0) is 13.0. The lowest BCUT2D eigenvalue weighted by Crippen LogP contribution is -2.39. The quantitative estimate of drug-likeness (QED) is 0.890. The SMILES string of the molecule is CC[C@H](N)c1ccc(N2CCCC(OC)C2)cc1. The number of methoxy groups -OCH3 is 1. The number of rotatable bonds is 4. The topological polar surface area (TPSA) is 38.5 Å². The van der Waals surface area contributed by atoms with Crippen LogP contribution < -0.4 is 10.6 Å². The van der Waals surface area contributed by atoms with E-state index in [0.29, 0.717) is 6.10 Å². The second-order valence-electron chi connectivity index (χ2n) is 5.05. The summed E-state index contributed by atoms with van der Waals surface area (Å²) in [5.74, 6) is 0. The first-order valence-electron chi connectivity index (χ1n) is 6.88. The number of nitrogens with zero attached hydrogens (tertiary/aromatic N) is 1. The van der Waals surface area contributed by atoms with Crippen molar-refractivity contribution in [3.05, 3.63) is 29.8 Å². The molecule has 0 amide bonds. The van der Waals surface area contributed by atoms with Crippen molar-refractivity contribution in [3.63, 3.8) is 0 Å². The maximum absolute atomic E-state index is 6.03. The van der Waals surface area contributed by atoms with Gasteiger partial charge in [0.25, 0.3) is 0 Å². The van der Waals surface area contributed by atoms with Crippen molar-refractivity contribution in [2.24, 2.45) is 5.73 Å². The molecule has 0 radical (unpaired) electrons. The molecule has 2 atom stereocenters. The van der Waals surface area contributed by atoms with Gasteiger partial charge in [-0.05, 0) is 37.0 Å². The van der Waals surface area contributed by atoms with E-state index in [1.807, 2.05) is 0 Å². The van der Waals surface area contributed by atoms with Crippen molar-refractivity contribution >= 4 is 5.69 Å². The number of nitrogens with two attached hydrogens (primary N) is 1. The predicted molar refractivity (Wildman–Crippen MR) is 75.9 cm³/mol. The van der Waals surface area contributed by atoms with Gasteiger partial charge in [-0.15, -0.1) is 0 Å². The summed E-state index contributed by atoms with van der Waals surface area (Å²) in [5.41, 5.74) is 8.54. The van der Waals surface area contributed by atoms with Gasteiger partial charge in [-0.3, -0.25) is 0 Å². The molecule has 1 heterocycles. The monoisotopic (exact) mass is 248 g/mol. The summed E-state index contributed by atoms with van der Waals surface area (Å²) in [6.07, 6.45) is 3.73. The molecule has 1 unspecified atom stereocenters. The smallest absolute Gasteiger partial charge is 0.0746 e. The first-order chi connectivity index (χ1) is 8.74. The van der Waals surface area contributed by atoms with Crippen LogP contribution in [0.4, 0.5) is 5.69 Å². The Morgan fingerprint density at radius 3 is 2.72 bits per heavy atom. The highest BCUT2D eigenvalue weighted by Gasteiger charge is 2.19. The van der Waals surface area contributed by atoms with Crippen LogP contribution in [0.25, 0.3) is 0 Å². The van der Waals surface area contributed by atoms with Crippen LogP contribution in [0.15, 0.2) is 24.3 Å². The Morgan fingerprint density at radius 2 is 2.11 bits per heavy atom. The molecule has 2 N–H and O–H groups in total. The first-order valence-corrected chi connectivity index (χ1v) is 6.88. The third-order valence-corrected chi connectivity index (χ3v) is 3.84. The van der Waals surface area contributed by atoms with Crippen molar-refractivity contribution in [3.8, 4) is 0 Å². The van der Waals surface area contributed by atoms with Crippen molar-refractivity contribution in [2.75, 3.05) is 25.1 Å².